The molecule has 0 radical (unpaired) electrons. The Hall–Kier alpha value is -0.730. The molecule has 0 saturated carbocycles. The van der Waals surface area contributed by atoms with Gasteiger partial charge in [-0.15, -0.1) is 0 Å². The Morgan fingerprint density at radius 3 is 2.61 bits per heavy atom. The van der Waals surface area contributed by atoms with Gasteiger partial charge >= 0.3 is 0 Å². The van der Waals surface area contributed by atoms with Crippen LogP contribution in [0.2, 0.25) is 5.02 Å². The number of aryl methyl sites for hydroxylation is 2. The van der Waals surface area contributed by atoms with Crippen molar-refractivity contribution in [2.75, 3.05) is 18.0 Å². The molecule has 1 fully saturated rings. The predicted octanol–water partition coefficient (Wildman–Crippen LogP) is 3.53. The fourth-order valence-electron chi connectivity index (χ4n) is 2.97. The van der Waals surface area contributed by atoms with E-state index in [1.54, 1.807) is 0 Å². The molecular weight excluding hydrogens is 244 g/mol. The van der Waals surface area contributed by atoms with Gasteiger partial charge in [-0.25, -0.2) is 0 Å². The summed E-state index contributed by atoms with van der Waals surface area (Å²) < 4.78 is 0. The Kier molecular flexibility index (Phi) is 4.18. The van der Waals surface area contributed by atoms with Crippen molar-refractivity contribution < 1.29 is 0 Å². The molecule has 2 nitrogen and oxygen atoms in total. The van der Waals surface area contributed by atoms with E-state index in [1.165, 1.54) is 16.8 Å². The van der Waals surface area contributed by atoms with Gasteiger partial charge in [-0.2, -0.15) is 0 Å². The van der Waals surface area contributed by atoms with Crippen molar-refractivity contribution in [1.82, 2.24) is 5.32 Å². The standard InChI is InChI=1S/C15H23ClN2/c1-10-7-11(2)15(14(16)8-10)18-12(3)5-6-17-9-13(18)4/h7-8,12-13,17H,5-6,9H2,1-4H3. The zero-order valence-corrected chi connectivity index (χ0v) is 12.5. The van der Waals surface area contributed by atoms with E-state index in [-0.39, 0.29) is 0 Å². The maximum atomic E-state index is 6.49. The van der Waals surface area contributed by atoms with Crippen molar-refractivity contribution >= 4 is 17.3 Å². The molecule has 2 atom stereocenters. The van der Waals surface area contributed by atoms with Gasteiger partial charge in [0.15, 0.2) is 0 Å². The average molecular weight is 267 g/mol. The summed E-state index contributed by atoms with van der Waals surface area (Å²) in [5.74, 6) is 0. The Morgan fingerprint density at radius 2 is 1.94 bits per heavy atom. The van der Waals surface area contributed by atoms with Gasteiger partial charge in [-0.3, -0.25) is 0 Å². The van der Waals surface area contributed by atoms with E-state index in [9.17, 15) is 0 Å². The number of nitrogens with zero attached hydrogens (tertiary/aromatic N) is 1. The van der Waals surface area contributed by atoms with Crippen LogP contribution in [0.5, 0.6) is 0 Å². The Morgan fingerprint density at radius 1 is 1.22 bits per heavy atom. The Balaban J connectivity index is 2.45. The number of hydrogen-bond donors (Lipinski definition) is 1. The highest BCUT2D eigenvalue weighted by Gasteiger charge is 2.26. The van der Waals surface area contributed by atoms with Crippen LogP contribution in [-0.2, 0) is 0 Å². The summed E-state index contributed by atoms with van der Waals surface area (Å²) in [7, 11) is 0. The molecule has 0 amide bonds. The lowest BCUT2D eigenvalue weighted by molar-refractivity contribution is 0.574. The minimum absolute atomic E-state index is 0.474. The third-order valence-electron chi connectivity index (χ3n) is 3.78. The highest BCUT2D eigenvalue weighted by atomic mass is 35.5. The first-order valence-corrected chi connectivity index (χ1v) is 7.14. The molecule has 1 heterocycles. The molecule has 1 N–H and O–H groups in total. The minimum atomic E-state index is 0.474. The Bertz CT molecular complexity index is 395. The monoisotopic (exact) mass is 266 g/mol. The maximum absolute atomic E-state index is 6.49. The number of hydrogen-bond acceptors (Lipinski definition) is 2. The van der Waals surface area contributed by atoms with Crippen LogP contribution in [-0.4, -0.2) is 25.2 Å². The van der Waals surface area contributed by atoms with Crippen LogP contribution in [0.3, 0.4) is 0 Å². The second-order valence-electron chi connectivity index (χ2n) is 5.51. The van der Waals surface area contributed by atoms with Crippen LogP contribution in [0.25, 0.3) is 0 Å². The van der Waals surface area contributed by atoms with Gasteiger partial charge in [0, 0.05) is 18.6 Å². The number of nitrogens with one attached hydrogen (secondary N) is 1. The molecule has 0 spiro atoms. The lowest BCUT2D eigenvalue weighted by Crippen LogP contribution is -2.42. The third-order valence-corrected chi connectivity index (χ3v) is 4.07. The van der Waals surface area contributed by atoms with Gasteiger partial charge in [-0.05, 0) is 57.9 Å². The minimum Gasteiger partial charge on any atom is -0.363 e. The molecule has 2 rings (SSSR count). The van der Waals surface area contributed by atoms with Gasteiger partial charge in [-0.1, -0.05) is 17.7 Å². The number of halogens is 1. The zero-order chi connectivity index (χ0) is 13.3. The van der Waals surface area contributed by atoms with Crippen LogP contribution < -0.4 is 10.2 Å². The second kappa shape index (κ2) is 5.50. The summed E-state index contributed by atoms with van der Waals surface area (Å²) in [6, 6.07) is 5.29. The average Bonchev–Trinajstić information content (AvgIpc) is 2.42. The van der Waals surface area contributed by atoms with E-state index >= 15 is 0 Å². The van der Waals surface area contributed by atoms with Crippen molar-refractivity contribution in [3.05, 3.63) is 28.3 Å². The van der Waals surface area contributed by atoms with Crippen LogP contribution >= 0.6 is 11.6 Å². The lowest BCUT2D eigenvalue weighted by atomic mass is 10.1. The largest absolute Gasteiger partial charge is 0.363 e. The predicted molar refractivity (Wildman–Crippen MR) is 79.8 cm³/mol. The smallest absolute Gasteiger partial charge is 0.0645 e. The SMILES string of the molecule is Cc1cc(C)c(N2C(C)CCNCC2C)c(Cl)c1. The van der Waals surface area contributed by atoms with Crippen LogP contribution in [0.4, 0.5) is 5.69 Å². The molecule has 3 heteroatoms. The quantitative estimate of drug-likeness (QED) is 0.837. The molecule has 1 aliphatic heterocycles. The van der Waals surface area contributed by atoms with E-state index in [2.05, 4.69) is 50.0 Å². The normalized spacial score (nSPS) is 25.1. The lowest BCUT2D eigenvalue weighted by Gasteiger charge is -2.36. The van der Waals surface area contributed by atoms with Crippen LogP contribution in [0, 0.1) is 13.8 Å². The van der Waals surface area contributed by atoms with E-state index in [0.717, 1.165) is 24.5 Å². The van der Waals surface area contributed by atoms with Crippen LogP contribution in [0.1, 0.15) is 31.4 Å². The van der Waals surface area contributed by atoms with Gasteiger partial charge in [0.25, 0.3) is 0 Å². The van der Waals surface area contributed by atoms with E-state index in [1.807, 2.05) is 0 Å². The second-order valence-corrected chi connectivity index (χ2v) is 5.92. The first-order chi connectivity index (χ1) is 8.50. The molecular formula is C15H23ClN2. The highest BCUT2D eigenvalue weighted by Crippen LogP contribution is 2.34. The number of anilines is 1. The molecule has 0 aliphatic carbocycles. The number of benzene rings is 1. The zero-order valence-electron chi connectivity index (χ0n) is 11.8. The van der Waals surface area contributed by atoms with Gasteiger partial charge in [0.1, 0.15) is 0 Å². The third kappa shape index (κ3) is 2.65. The summed E-state index contributed by atoms with van der Waals surface area (Å²) >= 11 is 6.49. The fourth-order valence-corrected chi connectivity index (χ4v) is 3.39. The summed E-state index contributed by atoms with van der Waals surface area (Å²) in [5.41, 5.74) is 3.72. The fraction of sp³-hybridized carbons (Fsp3) is 0.600. The van der Waals surface area contributed by atoms with Crippen molar-refractivity contribution in [3.63, 3.8) is 0 Å². The highest BCUT2D eigenvalue weighted by molar-refractivity contribution is 6.33. The number of rotatable bonds is 1. The van der Waals surface area contributed by atoms with Crippen molar-refractivity contribution in [1.29, 1.82) is 0 Å². The molecule has 1 saturated heterocycles. The van der Waals surface area contributed by atoms with Crippen LogP contribution in [0.15, 0.2) is 12.1 Å². The van der Waals surface area contributed by atoms with E-state index in [0.29, 0.717) is 12.1 Å². The molecule has 100 valence electrons. The molecule has 1 aromatic rings. The van der Waals surface area contributed by atoms with Gasteiger partial charge in [0.05, 0.1) is 10.7 Å². The molecule has 0 bridgehead atoms. The summed E-state index contributed by atoms with van der Waals surface area (Å²) in [4.78, 5) is 2.48. The first kappa shape index (κ1) is 13.7. The van der Waals surface area contributed by atoms with E-state index in [4.69, 9.17) is 11.6 Å². The molecule has 2 unspecified atom stereocenters. The summed E-state index contributed by atoms with van der Waals surface area (Å²) in [5, 5.41) is 4.38. The maximum Gasteiger partial charge on any atom is 0.0645 e. The van der Waals surface area contributed by atoms with Gasteiger partial charge in [0.2, 0.25) is 0 Å². The Labute approximate surface area is 115 Å². The molecule has 1 aliphatic rings. The molecule has 1 aromatic carbocycles. The van der Waals surface area contributed by atoms with Crippen molar-refractivity contribution in [3.8, 4) is 0 Å². The van der Waals surface area contributed by atoms with E-state index < -0.39 is 0 Å². The molecule has 18 heavy (non-hydrogen) atoms. The summed E-state index contributed by atoms with van der Waals surface area (Å²) in [6.45, 7) is 10.9. The van der Waals surface area contributed by atoms with Crippen molar-refractivity contribution in [2.24, 2.45) is 0 Å². The molecule has 0 aromatic heterocycles. The topological polar surface area (TPSA) is 15.3 Å². The first-order valence-electron chi connectivity index (χ1n) is 6.76. The van der Waals surface area contributed by atoms with Gasteiger partial charge < -0.3 is 10.2 Å². The van der Waals surface area contributed by atoms with Crippen molar-refractivity contribution in [2.45, 2.75) is 46.2 Å². The summed E-state index contributed by atoms with van der Waals surface area (Å²) in [6.07, 6.45) is 1.16.